The van der Waals surface area contributed by atoms with Crippen molar-refractivity contribution in [3.05, 3.63) is 0 Å². The molecular formula is C12H32O4Sm. The summed E-state index contributed by atoms with van der Waals surface area (Å²) in [7, 11) is 0. The van der Waals surface area contributed by atoms with E-state index in [-0.39, 0.29) is 64.8 Å². The third kappa shape index (κ3) is 2850. The molecule has 0 radical (unpaired) electrons. The van der Waals surface area contributed by atoms with Crippen LogP contribution in [0.1, 0.15) is 55.4 Å². The van der Waals surface area contributed by atoms with Gasteiger partial charge in [0, 0.05) is 64.8 Å². The smallest absolute Gasteiger partial charge is 0.0483 e. The molecular weight excluding hydrogens is 358 g/mol. The molecule has 0 spiro atoms. The van der Waals surface area contributed by atoms with Crippen LogP contribution in [0, 0.1) is 40.4 Å². The minimum absolute atomic E-state index is 0. The van der Waals surface area contributed by atoms with Gasteiger partial charge in [-0.15, -0.1) is 0 Å². The maximum atomic E-state index is 8.06. The van der Waals surface area contributed by atoms with Crippen LogP contribution in [-0.2, 0) is 0 Å². The molecule has 17 heavy (non-hydrogen) atoms. The summed E-state index contributed by atoms with van der Waals surface area (Å²) in [6.45, 7) is 13.8. The second-order valence-electron chi connectivity index (χ2n) is 4.37. The molecule has 0 rings (SSSR count). The largest absolute Gasteiger partial charge is 0.394 e. The first-order valence-electron chi connectivity index (χ1n) is 5.65. The van der Waals surface area contributed by atoms with Gasteiger partial charge in [0.15, 0.2) is 0 Å². The summed E-state index contributed by atoms with van der Waals surface area (Å²) < 4.78 is 0. The van der Waals surface area contributed by atoms with Gasteiger partial charge >= 0.3 is 0 Å². The van der Waals surface area contributed by atoms with Gasteiger partial charge in [-0.3, -0.25) is 0 Å². The van der Waals surface area contributed by atoms with E-state index in [0.29, 0.717) is 0 Å². The number of hydrogen-bond donors (Lipinski definition) is 4. The Hall–Kier alpha value is 1.18. The third-order valence-corrected chi connectivity index (χ3v) is 0. The summed E-state index contributed by atoms with van der Waals surface area (Å²) in [6, 6.07) is 0. The van der Waals surface area contributed by atoms with Crippen molar-refractivity contribution in [1.82, 2.24) is 0 Å². The zero-order valence-corrected chi connectivity index (χ0v) is 15.1. The summed E-state index contributed by atoms with van der Waals surface area (Å²) in [5, 5.41) is 32.2. The molecule has 5 heteroatoms. The van der Waals surface area contributed by atoms with E-state index < -0.39 is 0 Å². The van der Waals surface area contributed by atoms with Gasteiger partial charge in [0.1, 0.15) is 0 Å². The molecule has 0 saturated carbocycles. The molecule has 0 aromatic rings. The Morgan fingerprint density at radius 1 is 0.412 bits per heavy atom. The van der Waals surface area contributed by atoms with E-state index in [1.165, 1.54) is 0 Å². The molecule has 0 saturated heterocycles. The molecule has 0 unspecified atom stereocenters. The fourth-order valence-corrected chi connectivity index (χ4v) is 0. The molecule has 0 aliphatic carbocycles. The minimum Gasteiger partial charge on any atom is -0.394 e. The molecule has 0 aromatic heterocycles. The standard InChI is InChI=1S/4C3H8O.Sm/c4*1-3(2)4;/h4*3-4H,1-2H3;. The molecule has 0 bridgehead atoms. The summed E-state index contributed by atoms with van der Waals surface area (Å²) in [5.41, 5.74) is 0. The summed E-state index contributed by atoms with van der Waals surface area (Å²) in [4.78, 5) is 0. The normalized spacial score (nSPS) is 8.47. The first-order valence-corrected chi connectivity index (χ1v) is 5.65. The molecule has 0 atom stereocenters. The van der Waals surface area contributed by atoms with Gasteiger partial charge in [0.05, 0.1) is 0 Å². The number of hydrogen-bond acceptors (Lipinski definition) is 4. The molecule has 0 aliphatic rings. The van der Waals surface area contributed by atoms with Crippen LogP contribution in [-0.4, -0.2) is 44.8 Å². The molecule has 4 nitrogen and oxygen atoms in total. The van der Waals surface area contributed by atoms with Crippen LogP contribution in [0.25, 0.3) is 0 Å². The second-order valence-corrected chi connectivity index (χ2v) is 4.37. The van der Waals surface area contributed by atoms with Gasteiger partial charge in [-0.25, -0.2) is 0 Å². The second kappa shape index (κ2) is 25.9. The topological polar surface area (TPSA) is 80.9 Å². The Morgan fingerprint density at radius 2 is 0.412 bits per heavy atom. The van der Waals surface area contributed by atoms with Gasteiger partial charge in [-0.05, 0) is 55.4 Å². The summed E-state index contributed by atoms with van der Waals surface area (Å²) in [5.74, 6) is 0. The SMILES string of the molecule is CC(C)O.CC(C)O.CC(C)O.CC(C)O.[Sm]. The maximum absolute atomic E-state index is 8.06. The van der Waals surface area contributed by atoms with Crippen LogP contribution >= 0.6 is 0 Å². The predicted molar refractivity (Wildman–Crippen MR) is 69.4 cm³/mol. The van der Waals surface area contributed by atoms with Gasteiger partial charge in [-0.2, -0.15) is 0 Å². The van der Waals surface area contributed by atoms with Gasteiger partial charge in [0.2, 0.25) is 0 Å². The third-order valence-electron chi connectivity index (χ3n) is 0. The zero-order chi connectivity index (χ0) is 14.3. The van der Waals surface area contributed by atoms with Crippen molar-refractivity contribution >= 4 is 0 Å². The Bertz CT molecular complexity index is 61.5. The number of aliphatic hydroxyl groups is 4. The van der Waals surface area contributed by atoms with Gasteiger partial charge in [-0.1, -0.05) is 0 Å². The van der Waals surface area contributed by atoms with Crippen LogP contribution in [0.3, 0.4) is 0 Å². The predicted octanol–water partition coefficient (Wildman–Crippen LogP) is 1.55. The average Bonchev–Trinajstić information content (AvgIpc) is 1.76. The van der Waals surface area contributed by atoms with E-state index in [0.717, 1.165) is 0 Å². The summed E-state index contributed by atoms with van der Waals surface area (Å²) in [6.07, 6.45) is -0.667. The minimum atomic E-state index is -0.167. The van der Waals surface area contributed by atoms with Crippen molar-refractivity contribution in [2.24, 2.45) is 0 Å². The molecule has 0 heterocycles. The Morgan fingerprint density at radius 3 is 0.412 bits per heavy atom. The van der Waals surface area contributed by atoms with E-state index in [2.05, 4.69) is 0 Å². The van der Waals surface area contributed by atoms with E-state index in [9.17, 15) is 0 Å². The van der Waals surface area contributed by atoms with E-state index in [4.69, 9.17) is 20.4 Å². The van der Waals surface area contributed by atoms with Gasteiger partial charge < -0.3 is 20.4 Å². The Balaban J connectivity index is -0.0000000369. The van der Waals surface area contributed by atoms with E-state index >= 15 is 0 Å². The van der Waals surface area contributed by atoms with Crippen molar-refractivity contribution in [3.8, 4) is 0 Å². The fourth-order valence-electron chi connectivity index (χ4n) is 0. The van der Waals surface area contributed by atoms with Crippen LogP contribution < -0.4 is 0 Å². The molecule has 4 N–H and O–H groups in total. The fraction of sp³-hybridized carbons (Fsp3) is 1.00. The van der Waals surface area contributed by atoms with Crippen molar-refractivity contribution < 1.29 is 60.8 Å². The number of rotatable bonds is 0. The quantitative estimate of drug-likeness (QED) is 0.506. The molecule has 0 aliphatic heterocycles. The first-order chi connectivity index (χ1) is 6.93. The Kier molecular flexibility index (Phi) is 47.0. The Labute approximate surface area is 140 Å². The zero-order valence-electron chi connectivity index (χ0n) is 12.5. The van der Waals surface area contributed by atoms with Crippen LogP contribution in [0.4, 0.5) is 0 Å². The molecule has 0 aromatic carbocycles. The van der Waals surface area contributed by atoms with E-state index in [1.807, 2.05) is 0 Å². The van der Waals surface area contributed by atoms with Gasteiger partial charge in [0.25, 0.3) is 0 Å². The maximum Gasteiger partial charge on any atom is 0.0483 e. The van der Waals surface area contributed by atoms with Crippen LogP contribution in [0.5, 0.6) is 0 Å². The monoisotopic (exact) mass is 392 g/mol. The van der Waals surface area contributed by atoms with Crippen LogP contribution in [0.15, 0.2) is 0 Å². The summed E-state index contributed by atoms with van der Waals surface area (Å²) >= 11 is 0. The van der Waals surface area contributed by atoms with Crippen molar-refractivity contribution in [1.29, 1.82) is 0 Å². The van der Waals surface area contributed by atoms with E-state index in [1.54, 1.807) is 55.4 Å². The molecule has 0 amide bonds. The van der Waals surface area contributed by atoms with Crippen molar-refractivity contribution in [2.75, 3.05) is 0 Å². The molecule has 110 valence electrons. The first kappa shape index (κ1) is 30.9. The van der Waals surface area contributed by atoms with Crippen molar-refractivity contribution in [3.63, 3.8) is 0 Å². The number of aliphatic hydroxyl groups excluding tert-OH is 4. The van der Waals surface area contributed by atoms with Crippen molar-refractivity contribution in [2.45, 2.75) is 79.8 Å². The molecule has 0 fully saturated rings. The average molecular weight is 391 g/mol. The van der Waals surface area contributed by atoms with Crippen LogP contribution in [0.2, 0.25) is 0 Å².